The first-order chi connectivity index (χ1) is 16.5. The van der Waals surface area contributed by atoms with Gasteiger partial charge in [-0.05, 0) is 45.4 Å². The van der Waals surface area contributed by atoms with Gasteiger partial charge < -0.3 is 24.4 Å². The van der Waals surface area contributed by atoms with Gasteiger partial charge >= 0.3 is 5.97 Å². The second-order valence-corrected chi connectivity index (χ2v) is 9.93. The summed E-state index contributed by atoms with van der Waals surface area (Å²) in [5.41, 5.74) is -1.19. The van der Waals surface area contributed by atoms with Gasteiger partial charge in [0.25, 0.3) is 0 Å². The highest BCUT2D eigenvalue weighted by Crippen LogP contribution is 2.53. The third kappa shape index (κ3) is 4.31. The molecule has 4 aliphatic rings. The average Bonchev–Trinajstić information content (AvgIpc) is 3.21. The molecule has 0 saturated carbocycles. The quantitative estimate of drug-likeness (QED) is 0.329. The molecule has 2 amide bonds. The van der Waals surface area contributed by atoms with Crippen LogP contribution in [0.1, 0.15) is 58.8 Å². The third-order valence-electron chi connectivity index (χ3n) is 7.68. The van der Waals surface area contributed by atoms with E-state index >= 15 is 0 Å². The molecule has 6 atom stereocenters. The molecule has 0 bridgehead atoms. The summed E-state index contributed by atoms with van der Waals surface area (Å²) in [6, 6.07) is -0.778. The van der Waals surface area contributed by atoms with E-state index in [-0.39, 0.29) is 24.5 Å². The number of rotatable bonds is 8. The number of fused-ring (bicyclic) bond motifs is 2. The Kier molecular flexibility index (Phi) is 7.77. The number of carbonyl (C=O) groups is 3. The molecule has 0 radical (unpaired) electrons. The second kappa shape index (κ2) is 10.6. The number of aliphatic hydroxyl groups is 1. The van der Waals surface area contributed by atoms with Crippen LogP contribution in [-0.4, -0.2) is 82.8 Å². The Morgan fingerprint density at radius 3 is 2.76 bits per heavy atom. The molecular weight excluding hydrogens is 436 g/mol. The van der Waals surface area contributed by atoms with E-state index < -0.39 is 35.6 Å². The monoisotopic (exact) mass is 474 g/mol. The number of nitrogens with zero attached hydrogens (tertiary/aromatic N) is 2. The molecule has 0 aromatic heterocycles. The highest BCUT2D eigenvalue weighted by Gasteiger charge is 2.71. The number of esters is 1. The fourth-order valence-corrected chi connectivity index (χ4v) is 6.05. The SMILES string of the molecule is CCCC(C)N1CC=C[C@]23O[C@@H]4/C=C\CCCOC(=O)[C@@H]4[C@H]2C(=O)N(CCCCCO)C3C1=O. The molecule has 34 heavy (non-hydrogen) atoms. The molecule has 4 heterocycles. The minimum absolute atomic E-state index is 0.0335. The summed E-state index contributed by atoms with van der Waals surface area (Å²) in [7, 11) is 0. The standard InChI is InChI=1S/C26H38N2O6/c1-3-11-18(2)27-15-10-13-26-21(20-19(34-26)12-6-4-9-17-33-25(20)32)23(30)28(22(26)24(27)31)14-7-5-8-16-29/h6,10,12-13,18-22,29H,3-5,7-9,11,14-17H2,1-2H3/b12-6-/t18?,19-,20+,21+,22?,26+/m1/s1. The topological polar surface area (TPSA) is 96.4 Å². The molecule has 188 valence electrons. The van der Waals surface area contributed by atoms with Crippen LogP contribution in [0.5, 0.6) is 0 Å². The number of hydrogen-bond acceptors (Lipinski definition) is 6. The molecular formula is C26H38N2O6. The summed E-state index contributed by atoms with van der Waals surface area (Å²) in [5.74, 6) is -2.32. The summed E-state index contributed by atoms with van der Waals surface area (Å²) in [5, 5.41) is 9.16. The van der Waals surface area contributed by atoms with E-state index in [1.54, 1.807) is 4.90 Å². The fraction of sp³-hybridized carbons (Fsp3) is 0.731. The number of likely N-dealkylation sites (tertiary alicyclic amines) is 1. The van der Waals surface area contributed by atoms with Crippen molar-refractivity contribution in [1.29, 1.82) is 0 Å². The first kappa shape index (κ1) is 24.9. The molecule has 8 nitrogen and oxygen atoms in total. The van der Waals surface area contributed by atoms with Gasteiger partial charge in [-0.25, -0.2) is 0 Å². The molecule has 4 aliphatic heterocycles. The van der Waals surface area contributed by atoms with Crippen molar-refractivity contribution in [3.8, 4) is 0 Å². The maximum absolute atomic E-state index is 14.0. The van der Waals surface area contributed by atoms with E-state index in [9.17, 15) is 14.4 Å². The molecule has 8 heteroatoms. The zero-order chi connectivity index (χ0) is 24.3. The summed E-state index contributed by atoms with van der Waals surface area (Å²) < 4.78 is 12.1. The summed E-state index contributed by atoms with van der Waals surface area (Å²) in [6.07, 6.45) is 12.5. The number of carbonyl (C=O) groups excluding carboxylic acids is 3. The minimum Gasteiger partial charge on any atom is -0.465 e. The number of hydrogen-bond donors (Lipinski definition) is 1. The summed E-state index contributed by atoms with van der Waals surface area (Å²) in [4.78, 5) is 44.6. The van der Waals surface area contributed by atoms with E-state index in [1.165, 1.54) is 0 Å². The van der Waals surface area contributed by atoms with Crippen molar-refractivity contribution in [1.82, 2.24) is 9.80 Å². The predicted molar refractivity (Wildman–Crippen MR) is 126 cm³/mol. The molecule has 1 N–H and O–H groups in total. The Bertz CT molecular complexity index is 841. The maximum atomic E-state index is 14.0. The predicted octanol–water partition coefficient (Wildman–Crippen LogP) is 2.21. The van der Waals surface area contributed by atoms with E-state index in [0.29, 0.717) is 32.5 Å². The molecule has 0 aliphatic carbocycles. The first-order valence-electron chi connectivity index (χ1n) is 12.9. The zero-order valence-corrected chi connectivity index (χ0v) is 20.4. The highest BCUT2D eigenvalue weighted by atomic mass is 16.6. The van der Waals surface area contributed by atoms with E-state index in [1.807, 2.05) is 36.1 Å². The van der Waals surface area contributed by atoms with Crippen molar-refractivity contribution in [3.05, 3.63) is 24.3 Å². The van der Waals surface area contributed by atoms with Crippen molar-refractivity contribution in [3.63, 3.8) is 0 Å². The van der Waals surface area contributed by atoms with Crippen LogP contribution in [0.25, 0.3) is 0 Å². The van der Waals surface area contributed by atoms with Crippen LogP contribution >= 0.6 is 0 Å². The summed E-state index contributed by atoms with van der Waals surface area (Å²) >= 11 is 0. The van der Waals surface area contributed by atoms with Crippen molar-refractivity contribution < 1.29 is 29.0 Å². The first-order valence-corrected chi connectivity index (χ1v) is 12.9. The van der Waals surface area contributed by atoms with Crippen molar-refractivity contribution in [2.24, 2.45) is 11.8 Å². The molecule has 2 saturated heterocycles. The van der Waals surface area contributed by atoms with Crippen LogP contribution in [0, 0.1) is 11.8 Å². The van der Waals surface area contributed by atoms with Gasteiger partial charge in [-0.15, -0.1) is 0 Å². The number of allylic oxidation sites excluding steroid dienone is 1. The number of ether oxygens (including phenoxy) is 2. The molecule has 0 aromatic carbocycles. The lowest BCUT2D eigenvalue weighted by Gasteiger charge is -2.37. The lowest BCUT2D eigenvalue weighted by molar-refractivity contribution is -0.155. The van der Waals surface area contributed by atoms with Crippen LogP contribution < -0.4 is 0 Å². The highest BCUT2D eigenvalue weighted by molar-refractivity contribution is 5.99. The smallest absolute Gasteiger partial charge is 0.312 e. The van der Waals surface area contributed by atoms with Gasteiger partial charge in [-0.1, -0.05) is 37.6 Å². The van der Waals surface area contributed by atoms with Crippen LogP contribution in [0.4, 0.5) is 0 Å². The largest absolute Gasteiger partial charge is 0.465 e. The third-order valence-corrected chi connectivity index (χ3v) is 7.68. The van der Waals surface area contributed by atoms with E-state index in [0.717, 1.165) is 32.1 Å². The van der Waals surface area contributed by atoms with Crippen molar-refractivity contribution in [2.45, 2.75) is 82.6 Å². The Balaban J connectivity index is 1.74. The lowest BCUT2D eigenvalue weighted by Crippen LogP contribution is -2.56. The van der Waals surface area contributed by atoms with Crippen LogP contribution in [-0.2, 0) is 23.9 Å². The number of cyclic esters (lactones) is 1. The van der Waals surface area contributed by atoms with E-state index in [4.69, 9.17) is 14.6 Å². The van der Waals surface area contributed by atoms with Crippen LogP contribution in [0.3, 0.4) is 0 Å². The van der Waals surface area contributed by atoms with Gasteiger partial charge in [0.15, 0.2) is 0 Å². The minimum atomic E-state index is -1.19. The van der Waals surface area contributed by atoms with Gasteiger partial charge in [-0.3, -0.25) is 14.4 Å². The normalized spacial score (nSPS) is 35.0. The average molecular weight is 475 g/mol. The maximum Gasteiger partial charge on any atom is 0.312 e. The molecule has 2 fully saturated rings. The van der Waals surface area contributed by atoms with Crippen molar-refractivity contribution in [2.75, 3.05) is 26.3 Å². The number of unbranched alkanes of at least 4 members (excludes halogenated alkanes) is 2. The Morgan fingerprint density at radius 1 is 1.18 bits per heavy atom. The van der Waals surface area contributed by atoms with Gasteiger partial charge in [-0.2, -0.15) is 0 Å². The zero-order valence-electron chi connectivity index (χ0n) is 20.4. The van der Waals surface area contributed by atoms with Gasteiger partial charge in [0, 0.05) is 25.7 Å². The Morgan fingerprint density at radius 2 is 2.00 bits per heavy atom. The van der Waals surface area contributed by atoms with Gasteiger partial charge in [0.1, 0.15) is 17.6 Å². The lowest BCUT2D eigenvalue weighted by atomic mass is 9.78. The molecule has 4 rings (SSSR count). The second-order valence-electron chi connectivity index (χ2n) is 9.93. The Hall–Kier alpha value is -2.19. The molecule has 1 spiro atoms. The van der Waals surface area contributed by atoms with Crippen LogP contribution in [0.2, 0.25) is 0 Å². The molecule has 2 unspecified atom stereocenters. The van der Waals surface area contributed by atoms with Gasteiger partial charge in [0.2, 0.25) is 11.8 Å². The summed E-state index contributed by atoms with van der Waals surface area (Å²) in [6.45, 7) is 5.39. The fourth-order valence-electron chi connectivity index (χ4n) is 6.05. The Labute approximate surface area is 201 Å². The van der Waals surface area contributed by atoms with Crippen LogP contribution in [0.15, 0.2) is 24.3 Å². The van der Waals surface area contributed by atoms with Gasteiger partial charge in [0.05, 0.1) is 18.6 Å². The number of amides is 2. The molecule has 0 aromatic rings. The number of aliphatic hydroxyl groups excluding tert-OH is 1. The van der Waals surface area contributed by atoms with Crippen molar-refractivity contribution >= 4 is 17.8 Å². The van der Waals surface area contributed by atoms with E-state index in [2.05, 4.69) is 6.92 Å².